The highest BCUT2D eigenvalue weighted by atomic mass is 16.2. The Balaban J connectivity index is 2.22. The molecular formula is C13H18N4O2. The topological polar surface area (TPSA) is 78.7 Å². The second kappa shape index (κ2) is 5.27. The van der Waals surface area contributed by atoms with E-state index in [4.69, 9.17) is 5.84 Å². The number of likely N-dealkylation sites (N-methyl/N-ethyl adjacent to an activating group) is 1. The molecule has 1 fully saturated rings. The molecule has 3 N–H and O–H groups in total. The van der Waals surface area contributed by atoms with Crippen LogP contribution >= 0.6 is 0 Å². The maximum atomic E-state index is 12.4. The Labute approximate surface area is 112 Å². The molecule has 0 aromatic heterocycles. The van der Waals surface area contributed by atoms with Crippen molar-refractivity contribution in [1.82, 2.24) is 9.80 Å². The van der Waals surface area contributed by atoms with Gasteiger partial charge >= 0.3 is 0 Å². The summed E-state index contributed by atoms with van der Waals surface area (Å²) in [5.41, 5.74) is 4.62. The van der Waals surface area contributed by atoms with Crippen LogP contribution in [-0.2, 0) is 4.79 Å². The van der Waals surface area contributed by atoms with Crippen molar-refractivity contribution in [3.63, 3.8) is 0 Å². The molecule has 0 radical (unpaired) electrons. The largest absolute Gasteiger partial charge is 0.342 e. The summed E-state index contributed by atoms with van der Waals surface area (Å²) in [6.45, 7) is 3.14. The van der Waals surface area contributed by atoms with E-state index in [0.29, 0.717) is 24.3 Å². The number of nitrogens with two attached hydrogens (primary N) is 1. The molecule has 0 unspecified atom stereocenters. The maximum Gasteiger partial charge on any atom is 0.256 e. The number of nitrogens with zero attached hydrogens (tertiary/aromatic N) is 2. The fraction of sp³-hybridized carbons (Fsp3) is 0.385. The molecule has 1 aromatic carbocycles. The van der Waals surface area contributed by atoms with E-state index in [1.54, 1.807) is 22.9 Å². The third-order valence-corrected chi connectivity index (χ3v) is 3.31. The SMILES string of the molecule is Cc1ccc(C(=O)N2CCN(C)C(=O)C2)c(NN)c1. The number of amides is 2. The first-order valence-electron chi connectivity index (χ1n) is 6.13. The lowest BCUT2D eigenvalue weighted by Gasteiger charge is -2.32. The first-order chi connectivity index (χ1) is 9.02. The third-order valence-electron chi connectivity index (χ3n) is 3.31. The van der Waals surface area contributed by atoms with Crippen molar-refractivity contribution in [2.24, 2.45) is 5.84 Å². The minimum Gasteiger partial charge on any atom is -0.342 e. The van der Waals surface area contributed by atoms with Crippen LogP contribution in [0, 0.1) is 6.92 Å². The minimum absolute atomic E-state index is 0.0473. The molecule has 2 rings (SSSR count). The van der Waals surface area contributed by atoms with Crippen LogP contribution in [0.5, 0.6) is 0 Å². The minimum atomic E-state index is -0.172. The first-order valence-corrected chi connectivity index (χ1v) is 6.13. The average molecular weight is 262 g/mol. The number of aryl methyl sites for hydroxylation is 1. The highest BCUT2D eigenvalue weighted by Gasteiger charge is 2.26. The van der Waals surface area contributed by atoms with Crippen LogP contribution in [0.2, 0.25) is 0 Å². The Kier molecular flexibility index (Phi) is 3.71. The van der Waals surface area contributed by atoms with Crippen LogP contribution in [-0.4, -0.2) is 48.3 Å². The molecule has 0 spiro atoms. The molecule has 0 aliphatic carbocycles. The molecule has 1 heterocycles. The van der Waals surface area contributed by atoms with Gasteiger partial charge < -0.3 is 15.2 Å². The van der Waals surface area contributed by atoms with E-state index in [9.17, 15) is 9.59 Å². The van der Waals surface area contributed by atoms with E-state index in [2.05, 4.69) is 5.43 Å². The Morgan fingerprint density at radius 2 is 2.11 bits per heavy atom. The van der Waals surface area contributed by atoms with Crippen LogP contribution in [0.4, 0.5) is 5.69 Å². The van der Waals surface area contributed by atoms with Gasteiger partial charge in [0, 0.05) is 20.1 Å². The number of benzene rings is 1. The lowest BCUT2D eigenvalue weighted by atomic mass is 10.1. The van der Waals surface area contributed by atoms with Crippen molar-refractivity contribution in [3.8, 4) is 0 Å². The maximum absolute atomic E-state index is 12.4. The number of piperazine rings is 1. The van der Waals surface area contributed by atoms with Gasteiger partial charge in [-0.25, -0.2) is 0 Å². The molecule has 1 aliphatic rings. The number of anilines is 1. The molecule has 0 atom stereocenters. The average Bonchev–Trinajstić information content (AvgIpc) is 2.41. The summed E-state index contributed by atoms with van der Waals surface area (Å²) in [7, 11) is 1.74. The smallest absolute Gasteiger partial charge is 0.256 e. The fourth-order valence-corrected chi connectivity index (χ4v) is 2.07. The summed E-state index contributed by atoms with van der Waals surface area (Å²) < 4.78 is 0. The predicted octanol–water partition coefficient (Wildman–Crippen LogP) is 0.195. The zero-order valence-electron chi connectivity index (χ0n) is 11.1. The van der Waals surface area contributed by atoms with Gasteiger partial charge in [0.1, 0.15) is 6.54 Å². The quantitative estimate of drug-likeness (QED) is 0.589. The molecule has 0 bridgehead atoms. The van der Waals surface area contributed by atoms with Crippen molar-refractivity contribution in [2.75, 3.05) is 32.1 Å². The van der Waals surface area contributed by atoms with Gasteiger partial charge in [-0.05, 0) is 24.6 Å². The van der Waals surface area contributed by atoms with E-state index < -0.39 is 0 Å². The van der Waals surface area contributed by atoms with Crippen LogP contribution in [0.15, 0.2) is 18.2 Å². The number of hydrogen-bond donors (Lipinski definition) is 2. The molecular weight excluding hydrogens is 244 g/mol. The Hall–Kier alpha value is -2.08. The number of hydrazine groups is 1. The number of nitrogens with one attached hydrogen (secondary N) is 1. The summed E-state index contributed by atoms with van der Waals surface area (Å²) in [6.07, 6.45) is 0. The molecule has 6 nitrogen and oxygen atoms in total. The van der Waals surface area contributed by atoms with Gasteiger partial charge in [0.25, 0.3) is 5.91 Å². The molecule has 6 heteroatoms. The summed E-state index contributed by atoms with van der Waals surface area (Å²) in [4.78, 5) is 27.2. The van der Waals surface area contributed by atoms with Crippen LogP contribution in [0.3, 0.4) is 0 Å². The van der Waals surface area contributed by atoms with Gasteiger partial charge in [0.15, 0.2) is 0 Å². The lowest BCUT2D eigenvalue weighted by molar-refractivity contribution is -0.133. The van der Waals surface area contributed by atoms with Crippen LogP contribution < -0.4 is 11.3 Å². The zero-order chi connectivity index (χ0) is 14.0. The molecule has 1 aromatic rings. The predicted molar refractivity (Wildman–Crippen MR) is 72.5 cm³/mol. The lowest BCUT2D eigenvalue weighted by Crippen LogP contribution is -2.50. The summed E-state index contributed by atoms with van der Waals surface area (Å²) >= 11 is 0. The van der Waals surface area contributed by atoms with Gasteiger partial charge in [-0.2, -0.15) is 0 Å². The van der Waals surface area contributed by atoms with Crippen molar-refractivity contribution in [3.05, 3.63) is 29.3 Å². The molecule has 102 valence electrons. The highest BCUT2D eigenvalue weighted by Crippen LogP contribution is 2.19. The summed E-state index contributed by atoms with van der Waals surface area (Å²) in [6, 6.07) is 5.40. The Bertz CT molecular complexity index is 515. The van der Waals surface area contributed by atoms with Gasteiger partial charge in [0.05, 0.1) is 11.3 Å². The van der Waals surface area contributed by atoms with Crippen molar-refractivity contribution in [2.45, 2.75) is 6.92 Å². The highest BCUT2D eigenvalue weighted by molar-refractivity contribution is 6.01. The normalized spacial score (nSPS) is 15.6. The summed E-state index contributed by atoms with van der Waals surface area (Å²) in [5.74, 6) is 5.22. The zero-order valence-corrected chi connectivity index (χ0v) is 11.1. The number of rotatable bonds is 2. The van der Waals surface area contributed by atoms with E-state index in [1.165, 1.54) is 0 Å². The first kappa shape index (κ1) is 13.4. The number of nitrogen functional groups attached to an aromatic ring is 1. The molecule has 19 heavy (non-hydrogen) atoms. The van der Waals surface area contributed by atoms with E-state index in [1.807, 2.05) is 19.1 Å². The van der Waals surface area contributed by atoms with Crippen LogP contribution in [0.25, 0.3) is 0 Å². The fourth-order valence-electron chi connectivity index (χ4n) is 2.07. The van der Waals surface area contributed by atoms with Gasteiger partial charge in [-0.15, -0.1) is 0 Å². The van der Waals surface area contributed by atoms with E-state index in [-0.39, 0.29) is 18.4 Å². The van der Waals surface area contributed by atoms with E-state index >= 15 is 0 Å². The number of carbonyl (C=O) groups excluding carboxylic acids is 2. The molecule has 2 amide bonds. The molecule has 1 saturated heterocycles. The molecule has 0 saturated carbocycles. The standard InChI is InChI=1S/C13H18N4O2/c1-9-3-4-10(11(7-9)15-14)13(19)17-6-5-16(2)12(18)8-17/h3-4,7,15H,5-6,8,14H2,1-2H3. The number of carbonyl (C=O) groups is 2. The monoisotopic (exact) mass is 262 g/mol. The third kappa shape index (κ3) is 2.68. The van der Waals surface area contributed by atoms with Crippen molar-refractivity contribution >= 4 is 17.5 Å². The van der Waals surface area contributed by atoms with Gasteiger partial charge in [0.2, 0.25) is 5.91 Å². The van der Waals surface area contributed by atoms with E-state index in [0.717, 1.165) is 5.56 Å². The Morgan fingerprint density at radius 1 is 1.37 bits per heavy atom. The summed E-state index contributed by atoms with van der Waals surface area (Å²) in [5, 5.41) is 0. The van der Waals surface area contributed by atoms with Crippen LogP contribution in [0.1, 0.15) is 15.9 Å². The Morgan fingerprint density at radius 3 is 2.74 bits per heavy atom. The van der Waals surface area contributed by atoms with Crippen molar-refractivity contribution < 1.29 is 9.59 Å². The van der Waals surface area contributed by atoms with Gasteiger partial charge in [-0.1, -0.05) is 6.07 Å². The van der Waals surface area contributed by atoms with Gasteiger partial charge in [-0.3, -0.25) is 15.4 Å². The second-order valence-electron chi connectivity index (χ2n) is 4.74. The van der Waals surface area contributed by atoms with Crippen molar-refractivity contribution in [1.29, 1.82) is 0 Å². The molecule has 1 aliphatic heterocycles. The second-order valence-corrected chi connectivity index (χ2v) is 4.74. The number of hydrogen-bond acceptors (Lipinski definition) is 4.